The molecular formula is C24H19ClN4O4S. The Balaban J connectivity index is 1.96. The van der Waals surface area contributed by atoms with Crippen molar-refractivity contribution in [2.45, 2.75) is 0 Å². The van der Waals surface area contributed by atoms with Gasteiger partial charge >= 0.3 is 0 Å². The highest BCUT2D eigenvalue weighted by Crippen LogP contribution is 2.30. The largest absolute Gasteiger partial charge is 0.497 e. The molecule has 0 bridgehead atoms. The van der Waals surface area contributed by atoms with Crippen molar-refractivity contribution in [1.82, 2.24) is 9.13 Å². The molecule has 8 nitrogen and oxygen atoms in total. The highest BCUT2D eigenvalue weighted by Gasteiger charge is 2.19. The SMILES string of the molecule is COc1ccc(-n2c(O)c(N=Nc3ccc(Cl)cc3)c(=O)n(-c3ccc(OC)cc3)c2=S)cc1. The molecule has 0 aliphatic heterocycles. The lowest BCUT2D eigenvalue weighted by molar-refractivity contribution is 0.414. The van der Waals surface area contributed by atoms with Crippen LogP contribution in [0.4, 0.5) is 11.4 Å². The van der Waals surface area contributed by atoms with E-state index < -0.39 is 11.4 Å². The van der Waals surface area contributed by atoms with Gasteiger partial charge in [-0.05, 0) is 85.0 Å². The molecule has 172 valence electrons. The van der Waals surface area contributed by atoms with Crippen molar-refractivity contribution in [3.05, 3.63) is 92.9 Å². The highest BCUT2D eigenvalue weighted by atomic mass is 35.5. The van der Waals surface area contributed by atoms with Crippen molar-refractivity contribution in [2.24, 2.45) is 10.2 Å². The fraction of sp³-hybridized carbons (Fsp3) is 0.0833. The van der Waals surface area contributed by atoms with Crippen LogP contribution in [-0.4, -0.2) is 28.5 Å². The topological polar surface area (TPSA) is 90.3 Å². The predicted octanol–water partition coefficient (Wildman–Crippen LogP) is 6.15. The Labute approximate surface area is 204 Å². The minimum absolute atomic E-state index is 0.0447. The quantitative estimate of drug-likeness (QED) is 0.256. The molecule has 34 heavy (non-hydrogen) atoms. The number of azo groups is 1. The van der Waals surface area contributed by atoms with Crippen LogP contribution in [0.1, 0.15) is 0 Å². The Hall–Kier alpha value is -3.95. The van der Waals surface area contributed by atoms with Crippen LogP contribution in [0, 0.1) is 4.77 Å². The van der Waals surface area contributed by atoms with E-state index in [-0.39, 0.29) is 10.5 Å². The maximum absolute atomic E-state index is 13.4. The third-order valence-corrected chi connectivity index (χ3v) is 5.58. The van der Waals surface area contributed by atoms with E-state index in [4.69, 9.17) is 33.3 Å². The van der Waals surface area contributed by atoms with Crippen LogP contribution in [0.5, 0.6) is 17.4 Å². The van der Waals surface area contributed by atoms with Crippen LogP contribution in [0.15, 0.2) is 87.8 Å². The Morgan fingerprint density at radius 1 is 0.794 bits per heavy atom. The Bertz CT molecular complexity index is 1460. The molecule has 0 saturated heterocycles. The summed E-state index contributed by atoms with van der Waals surface area (Å²) in [6.45, 7) is 0. The summed E-state index contributed by atoms with van der Waals surface area (Å²) in [5.41, 5.74) is 0.525. The van der Waals surface area contributed by atoms with Gasteiger partial charge in [0.15, 0.2) is 4.77 Å². The first-order valence-electron chi connectivity index (χ1n) is 10.00. The monoisotopic (exact) mass is 494 g/mol. The second-order valence-corrected chi connectivity index (χ2v) is 7.80. The summed E-state index contributed by atoms with van der Waals surface area (Å²) in [7, 11) is 3.10. The number of methoxy groups -OCH3 is 2. The van der Waals surface area contributed by atoms with Gasteiger partial charge in [-0.25, -0.2) is 0 Å². The van der Waals surface area contributed by atoms with Gasteiger partial charge in [0.2, 0.25) is 11.6 Å². The van der Waals surface area contributed by atoms with E-state index in [1.165, 1.54) is 9.13 Å². The van der Waals surface area contributed by atoms with Gasteiger partial charge in [0.25, 0.3) is 5.56 Å². The molecule has 0 spiro atoms. The highest BCUT2D eigenvalue weighted by molar-refractivity contribution is 7.71. The fourth-order valence-corrected chi connectivity index (χ4v) is 3.72. The maximum Gasteiger partial charge on any atom is 0.290 e. The zero-order valence-corrected chi connectivity index (χ0v) is 19.7. The number of hydrogen-bond acceptors (Lipinski definition) is 7. The molecule has 1 heterocycles. The first-order chi connectivity index (χ1) is 16.4. The molecule has 0 fully saturated rings. The van der Waals surface area contributed by atoms with Gasteiger partial charge in [0.1, 0.15) is 11.5 Å². The van der Waals surface area contributed by atoms with Crippen LogP contribution in [0.25, 0.3) is 11.4 Å². The van der Waals surface area contributed by atoms with E-state index in [9.17, 15) is 9.90 Å². The van der Waals surface area contributed by atoms with E-state index in [1.54, 1.807) is 87.0 Å². The van der Waals surface area contributed by atoms with E-state index in [2.05, 4.69) is 10.2 Å². The lowest BCUT2D eigenvalue weighted by Gasteiger charge is -2.16. The second kappa shape index (κ2) is 9.90. The standard InChI is InChI=1S/C24H19ClN4O4S/c1-32-19-11-7-17(8-12-19)28-22(30)21(27-26-16-5-3-15(25)4-6-16)23(31)29(24(28)34)18-9-13-20(33-2)14-10-18/h3-14,30H,1-2H3. The number of nitrogens with zero attached hydrogens (tertiary/aromatic N) is 4. The summed E-state index contributed by atoms with van der Waals surface area (Å²) in [4.78, 5) is 13.4. The minimum Gasteiger partial charge on any atom is -0.497 e. The number of aromatic hydroxyl groups is 1. The fourth-order valence-electron chi connectivity index (χ4n) is 3.21. The first kappa shape index (κ1) is 23.2. The van der Waals surface area contributed by atoms with Crippen molar-refractivity contribution in [3.63, 3.8) is 0 Å². The third kappa shape index (κ3) is 4.57. The number of hydrogen-bond donors (Lipinski definition) is 1. The number of ether oxygens (including phenoxy) is 2. The zero-order chi connectivity index (χ0) is 24.2. The zero-order valence-electron chi connectivity index (χ0n) is 18.2. The Kier molecular flexibility index (Phi) is 6.76. The van der Waals surface area contributed by atoms with Crippen molar-refractivity contribution < 1.29 is 14.6 Å². The number of rotatable bonds is 6. The van der Waals surface area contributed by atoms with Gasteiger partial charge in [0.05, 0.1) is 31.3 Å². The van der Waals surface area contributed by atoms with E-state index in [0.29, 0.717) is 33.6 Å². The summed E-state index contributed by atoms with van der Waals surface area (Å²) < 4.78 is 13.1. The molecular weight excluding hydrogens is 476 g/mol. The summed E-state index contributed by atoms with van der Waals surface area (Å²) in [6, 6.07) is 20.2. The Morgan fingerprint density at radius 3 is 1.79 bits per heavy atom. The van der Waals surface area contributed by atoms with E-state index in [0.717, 1.165) is 0 Å². The molecule has 0 aliphatic carbocycles. The average Bonchev–Trinajstić information content (AvgIpc) is 2.86. The summed E-state index contributed by atoms with van der Waals surface area (Å²) in [5, 5.41) is 19.8. The van der Waals surface area contributed by atoms with E-state index in [1.807, 2.05) is 0 Å². The van der Waals surface area contributed by atoms with Crippen molar-refractivity contribution in [2.75, 3.05) is 14.2 Å². The van der Waals surface area contributed by atoms with E-state index >= 15 is 0 Å². The van der Waals surface area contributed by atoms with Crippen LogP contribution in [0.3, 0.4) is 0 Å². The van der Waals surface area contributed by atoms with Crippen LogP contribution in [0.2, 0.25) is 5.02 Å². The third-order valence-electron chi connectivity index (χ3n) is 4.97. The van der Waals surface area contributed by atoms with Crippen LogP contribution >= 0.6 is 23.8 Å². The number of benzene rings is 3. The molecule has 0 unspecified atom stereocenters. The van der Waals surface area contributed by atoms with Crippen LogP contribution < -0.4 is 15.0 Å². The number of aromatic nitrogens is 2. The lowest BCUT2D eigenvalue weighted by Crippen LogP contribution is -2.23. The molecule has 4 rings (SSSR count). The molecule has 3 aromatic carbocycles. The Morgan fingerprint density at radius 2 is 1.29 bits per heavy atom. The molecule has 0 amide bonds. The summed E-state index contributed by atoms with van der Waals surface area (Å²) in [5.74, 6) is 0.802. The average molecular weight is 495 g/mol. The summed E-state index contributed by atoms with van der Waals surface area (Å²) in [6.07, 6.45) is 0. The van der Waals surface area contributed by atoms with Gasteiger partial charge in [-0.2, -0.15) is 5.11 Å². The van der Waals surface area contributed by atoms with Crippen molar-refractivity contribution in [3.8, 4) is 28.8 Å². The predicted molar refractivity (Wildman–Crippen MR) is 133 cm³/mol. The molecule has 10 heteroatoms. The van der Waals surface area contributed by atoms with Gasteiger partial charge in [-0.15, -0.1) is 5.11 Å². The van der Waals surface area contributed by atoms with Gasteiger partial charge in [-0.1, -0.05) is 11.6 Å². The first-order valence-corrected chi connectivity index (χ1v) is 10.8. The second-order valence-electron chi connectivity index (χ2n) is 7.00. The molecule has 0 atom stereocenters. The molecule has 1 aromatic heterocycles. The smallest absolute Gasteiger partial charge is 0.290 e. The molecule has 0 aliphatic rings. The lowest BCUT2D eigenvalue weighted by atomic mass is 10.2. The van der Waals surface area contributed by atoms with Crippen LogP contribution in [-0.2, 0) is 0 Å². The minimum atomic E-state index is -0.629. The van der Waals surface area contributed by atoms with Crippen molar-refractivity contribution >= 4 is 35.2 Å². The maximum atomic E-state index is 13.4. The molecule has 1 N–H and O–H groups in total. The molecule has 0 saturated carbocycles. The van der Waals surface area contributed by atoms with Gasteiger partial charge < -0.3 is 14.6 Å². The number of halogens is 1. The van der Waals surface area contributed by atoms with Crippen molar-refractivity contribution in [1.29, 1.82) is 0 Å². The van der Waals surface area contributed by atoms with Gasteiger partial charge in [-0.3, -0.25) is 13.9 Å². The summed E-state index contributed by atoms with van der Waals surface area (Å²) >= 11 is 11.5. The van der Waals surface area contributed by atoms with Gasteiger partial charge in [0, 0.05) is 5.02 Å². The molecule has 4 aromatic rings. The molecule has 0 radical (unpaired) electrons. The normalized spacial score (nSPS) is 11.0.